The van der Waals surface area contributed by atoms with E-state index >= 15 is 0 Å². The van der Waals surface area contributed by atoms with E-state index in [4.69, 9.17) is 4.74 Å². The van der Waals surface area contributed by atoms with Gasteiger partial charge in [0.05, 0.1) is 17.8 Å². The molecule has 0 aromatic carbocycles. The molecule has 1 unspecified atom stereocenters. The molecule has 8 heteroatoms. The summed E-state index contributed by atoms with van der Waals surface area (Å²) in [6, 6.07) is 7.96. The summed E-state index contributed by atoms with van der Waals surface area (Å²) in [6.45, 7) is 6.36. The van der Waals surface area contributed by atoms with Crippen LogP contribution >= 0.6 is 11.3 Å². The maximum absolute atomic E-state index is 12.8. The number of thiophene rings is 1. The lowest BCUT2D eigenvalue weighted by atomic mass is 10.1. The van der Waals surface area contributed by atoms with E-state index in [0.29, 0.717) is 25.2 Å². The molecule has 0 spiro atoms. The first kappa shape index (κ1) is 22.0. The number of nitrogens with zero attached hydrogens (tertiary/aromatic N) is 3. The third-order valence-electron chi connectivity index (χ3n) is 5.10. The predicted octanol–water partition coefficient (Wildman–Crippen LogP) is 5.07. The van der Waals surface area contributed by atoms with Crippen LogP contribution in [0.2, 0.25) is 0 Å². The molecule has 1 aliphatic rings. The van der Waals surface area contributed by atoms with Gasteiger partial charge in [0, 0.05) is 47.7 Å². The van der Waals surface area contributed by atoms with E-state index in [0.717, 1.165) is 21.6 Å². The number of amides is 2. The lowest BCUT2D eigenvalue weighted by Crippen LogP contribution is -2.36. The van der Waals surface area contributed by atoms with Crippen LogP contribution in [-0.2, 0) is 9.53 Å². The van der Waals surface area contributed by atoms with Gasteiger partial charge in [0.15, 0.2) is 0 Å². The summed E-state index contributed by atoms with van der Waals surface area (Å²) in [5.74, 6) is -0.387. The van der Waals surface area contributed by atoms with Gasteiger partial charge in [-0.3, -0.25) is 14.8 Å². The Morgan fingerprint density at radius 1 is 1.12 bits per heavy atom. The standard InChI is InChI=1S/C24H26N4O3S/c1-24(2,3)31-23(30)28-8-6-17(14-28)22(29)27-20-9-18(12-26-13-20)21-10-19(15-32-21)16-5-4-7-25-11-16/h4-5,7,9-13,15,17H,6,8,14H2,1-3H3,(H,27,29). The summed E-state index contributed by atoms with van der Waals surface area (Å²) >= 11 is 1.62. The summed E-state index contributed by atoms with van der Waals surface area (Å²) < 4.78 is 5.41. The number of ether oxygens (including phenoxy) is 1. The first-order valence-corrected chi connectivity index (χ1v) is 11.4. The van der Waals surface area contributed by atoms with Crippen LogP contribution in [0.5, 0.6) is 0 Å². The van der Waals surface area contributed by atoms with Gasteiger partial charge in [0.2, 0.25) is 5.91 Å². The second-order valence-corrected chi connectivity index (χ2v) is 9.72. The Bertz CT molecular complexity index is 1110. The molecule has 1 aliphatic heterocycles. The summed E-state index contributed by atoms with van der Waals surface area (Å²) in [6.07, 6.45) is 7.25. The number of carbonyl (C=O) groups is 2. The molecule has 4 rings (SSSR count). The highest BCUT2D eigenvalue weighted by Gasteiger charge is 2.33. The molecular weight excluding hydrogens is 424 g/mol. The maximum atomic E-state index is 12.8. The molecule has 0 radical (unpaired) electrons. The van der Waals surface area contributed by atoms with Crippen molar-refractivity contribution in [2.45, 2.75) is 32.8 Å². The Hall–Kier alpha value is -3.26. The zero-order valence-electron chi connectivity index (χ0n) is 18.4. The number of pyridine rings is 2. The van der Waals surface area contributed by atoms with Crippen LogP contribution in [0.4, 0.5) is 10.5 Å². The van der Waals surface area contributed by atoms with Gasteiger partial charge in [-0.1, -0.05) is 6.07 Å². The van der Waals surface area contributed by atoms with Crippen LogP contribution in [0.1, 0.15) is 27.2 Å². The Morgan fingerprint density at radius 3 is 2.69 bits per heavy atom. The molecule has 0 aliphatic carbocycles. The van der Waals surface area contributed by atoms with Crippen molar-refractivity contribution in [1.82, 2.24) is 14.9 Å². The van der Waals surface area contributed by atoms with E-state index in [9.17, 15) is 9.59 Å². The van der Waals surface area contributed by atoms with Crippen LogP contribution in [-0.4, -0.2) is 45.6 Å². The quantitative estimate of drug-likeness (QED) is 0.600. The number of hydrogen-bond acceptors (Lipinski definition) is 6. The molecule has 3 aromatic rings. The fourth-order valence-corrected chi connectivity index (χ4v) is 4.43. The SMILES string of the molecule is CC(C)(C)OC(=O)N1CCC(C(=O)Nc2cncc(-c3cc(-c4cccnc4)cs3)c2)C1. The van der Waals surface area contributed by atoms with Gasteiger partial charge in [-0.05, 0) is 56.3 Å². The van der Waals surface area contributed by atoms with Crippen LogP contribution < -0.4 is 5.32 Å². The van der Waals surface area contributed by atoms with E-state index in [1.165, 1.54) is 0 Å². The largest absolute Gasteiger partial charge is 0.444 e. The Morgan fingerprint density at radius 2 is 1.94 bits per heavy atom. The third kappa shape index (κ3) is 5.31. The normalized spacial score (nSPS) is 16.1. The Balaban J connectivity index is 1.40. The fourth-order valence-electron chi connectivity index (χ4n) is 3.53. The Labute approximate surface area is 191 Å². The van der Waals surface area contributed by atoms with Crippen LogP contribution in [0, 0.1) is 5.92 Å². The molecule has 2 amide bonds. The molecule has 166 valence electrons. The number of nitrogens with one attached hydrogen (secondary N) is 1. The van der Waals surface area contributed by atoms with E-state index in [1.54, 1.807) is 34.8 Å². The number of hydrogen-bond donors (Lipinski definition) is 1. The smallest absolute Gasteiger partial charge is 0.410 e. The van der Waals surface area contributed by atoms with Gasteiger partial charge >= 0.3 is 6.09 Å². The molecule has 1 N–H and O–H groups in total. The second-order valence-electron chi connectivity index (χ2n) is 8.80. The zero-order chi connectivity index (χ0) is 22.7. The first-order chi connectivity index (χ1) is 15.3. The highest BCUT2D eigenvalue weighted by molar-refractivity contribution is 7.14. The maximum Gasteiger partial charge on any atom is 0.410 e. The molecule has 1 atom stereocenters. The minimum Gasteiger partial charge on any atom is -0.444 e. The van der Waals surface area contributed by atoms with E-state index in [2.05, 4.69) is 26.7 Å². The molecule has 0 bridgehead atoms. The molecule has 1 fully saturated rings. The number of aromatic nitrogens is 2. The summed E-state index contributed by atoms with van der Waals surface area (Å²) in [7, 11) is 0. The average Bonchev–Trinajstić information content (AvgIpc) is 3.44. The number of likely N-dealkylation sites (tertiary alicyclic amines) is 1. The van der Waals surface area contributed by atoms with Crippen molar-refractivity contribution in [2.75, 3.05) is 18.4 Å². The molecule has 7 nitrogen and oxygen atoms in total. The van der Waals surface area contributed by atoms with Crippen molar-refractivity contribution in [1.29, 1.82) is 0 Å². The van der Waals surface area contributed by atoms with Gasteiger partial charge in [0.1, 0.15) is 5.60 Å². The van der Waals surface area contributed by atoms with Gasteiger partial charge < -0.3 is 15.0 Å². The summed E-state index contributed by atoms with van der Waals surface area (Å²) in [5, 5.41) is 5.04. The summed E-state index contributed by atoms with van der Waals surface area (Å²) in [4.78, 5) is 36.2. The molecule has 1 saturated heterocycles. The van der Waals surface area contributed by atoms with Crippen LogP contribution in [0.3, 0.4) is 0 Å². The molecule has 4 heterocycles. The molecular formula is C24H26N4O3S. The van der Waals surface area contributed by atoms with Crippen LogP contribution in [0.15, 0.2) is 54.4 Å². The minimum absolute atomic E-state index is 0.114. The van der Waals surface area contributed by atoms with Crippen molar-refractivity contribution in [3.05, 3.63) is 54.4 Å². The zero-order valence-corrected chi connectivity index (χ0v) is 19.2. The van der Waals surface area contributed by atoms with E-state index in [-0.39, 0.29) is 17.9 Å². The third-order valence-corrected chi connectivity index (χ3v) is 6.07. The van der Waals surface area contributed by atoms with E-state index < -0.39 is 5.60 Å². The Kier molecular flexibility index (Phi) is 6.23. The van der Waals surface area contributed by atoms with Crippen LogP contribution in [0.25, 0.3) is 21.6 Å². The predicted molar refractivity (Wildman–Crippen MR) is 125 cm³/mol. The van der Waals surface area contributed by atoms with Gasteiger partial charge in [-0.15, -0.1) is 11.3 Å². The number of carbonyl (C=O) groups excluding carboxylic acids is 2. The average molecular weight is 451 g/mol. The van der Waals surface area contributed by atoms with Gasteiger partial charge in [-0.25, -0.2) is 4.79 Å². The fraction of sp³-hybridized carbons (Fsp3) is 0.333. The van der Waals surface area contributed by atoms with Crippen molar-refractivity contribution < 1.29 is 14.3 Å². The second kappa shape index (κ2) is 9.08. The summed E-state index contributed by atoms with van der Waals surface area (Å²) in [5.41, 5.74) is 3.18. The van der Waals surface area contributed by atoms with Gasteiger partial charge in [-0.2, -0.15) is 0 Å². The molecule has 0 saturated carbocycles. The number of rotatable bonds is 4. The molecule has 3 aromatic heterocycles. The van der Waals surface area contributed by atoms with Crippen molar-refractivity contribution in [3.63, 3.8) is 0 Å². The topological polar surface area (TPSA) is 84.4 Å². The van der Waals surface area contributed by atoms with Crippen molar-refractivity contribution in [2.24, 2.45) is 5.92 Å². The van der Waals surface area contributed by atoms with Gasteiger partial charge in [0.25, 0.3) is 0 Å². The van der Waals surface area contributed by atoms with E-state index in [1.807, 2.05) is 45.2 Å². The number of anilines is 1. The first-order valence-electron chi connectivity index (χ1n) is 10.5. The molecule has 32 heavy (non-hydrogen) atoms. The lowest BCUT2D eigenvalue weighted by molar-refractivity contribution is -0.119. The van der Waals surface area contributed by atoms with Crippen molar-refractivity contribution >= 4 is 29.0 Å². The monoisotopic (exact) mass is 450 g/mol. The van der Waals surface area contributed by atoms with Crippen molar-refractivity contribution in [3.8, 4) is 21.6 Å². The lowest BCUT2D eigenvalue weighted by Gasteiger charge is -2.24. The minimum atomic E-state index is -0.553. The highest BCUT2D eigenvalue weighted by Crippen LogP contribution is 2.33. The highest BCUT2D eigenvalue weighted by atomic mass is 32.1.